The van der Waals surface area contributed by atoms with Crippen LogP contribution in [0.15, 0.2) is 24.3 Å². The van der Waals surface area contributed by atoms with Crippen LogP contribution in [0.1, 0.15) is 36.5 Å². The highest BCUT2D eigenvalue weighted by Crippen LogP contribution is 2.14. The monoisotopic (exact) mass is 206 g/mol. The maximum atomic E-state index is 11.1. The Balaban J connectivity index is 2.56. The number of primary amides is 1. The SMILES string of the molecule is CCCCCNc1ccccc1C(N)=O. The van der Waals surface area contributed by atoms with Gasteiger partial charge in [0.05, 0.1) is 5.56 Å². The molecule has 0 heterocycles. The van der Waals surface area contributed by atoms with Crippen LogP contribution in [-0.4, -0.2) is 12.5 Å². The highest BCUT2D eigenvalue weighted by Gasteiger charge is 2.05. The van der Waals surface area contributed by atoms with Gasteiger partial charge in [0, 0.05) is 12.2 Å². The molecule has 0 atom stereocenters. The molecule has 0 unspecified atom stereocenters. The zero-order valence-corrected chi connectivity index (χ0v) is 9.12. The van der Waals surface area contributed by atoms with Crippen LogP contribution in [-0.2, 0) is 0 Å². The van der Waals surface area contributed by atoms with E-state index in [0.29, 0.717) is 5.56 Å². The zero-order valence-electron chi connectivity index (χ0n) is 9.12. The largest absolute Gasteiger partial charge is 0.384 e. The van der Waals surface area contributed by atoms with Crippen LogP contribution in [0.2, 0.25) is 0 Å². The fourth-order valence-corrected chi connectivity index (χ4v) is 1.45. The van der Waals surface area contributed by atoms with Gasteiger partial charge < -0.3 is 11.1 Å². The number of rotatable bonds is 6. The molecule has 0 saturated carbocycles. The number of unbranched alkanes of at least 4 members (excludes halogenated alkanes) is 2. The van der Waals surface area contributed by atoms with E-state index in [4.69, 9.17) is 5.73 Å². The second kappa shape index (κ2) is 6.06. The van der Waals surface area contributed by atoms with Crippen LogP contribution in [0.25, 0.3) is 0 Å². The standard InChI is InChI=1S/C12H18N2O/c1-2-3-6-9-14-11-8-5-4-7-10(11)12(13)15/h4-5,7-8,14H,2-3,6,9H2,1H3,(H2,13,15). The molecule has 0 bridgehead atoms. The summed E-state index contributed by atoms with van der Waals surface area (Å²) < 4.78 is 0. The highest BCUT2D eigenvalue weighted by molar-refractivity contribution is 5.98. The Morgan fingerprint density at radius 1 is 1.33 bits per heavy atom. The van der Waals surface area contributed by atoms with Crippen LogP contribution in [0.3, 0.4) is 0 Å². The molecule has 3 N–H and O–H groups in total. The summed E-state index contributed by atoms with van der Waals surface area (Å²) in [5.74, 6) is -0.381. The summed E-state index contributed by atoms with van der Waals surface area (Å²) in [6.45, 7) is 3.05. The van der Waals surface area contributed by atoms with Gasteiger partial charge in [-0.05, 0) is 18.6 Å². The van der Waals surface area contributed by atoms with Gasteiger partial charge in [-0.1, -0.05) is 31.9 Å². The lowest BCUT2D eigenvalue weighted by atomic mass is 10.1. The van der Waals surface area contributed by atoms with Crippen molar-refractivity contribution >= 4 is 11.6 Å². The molecule has 1 rings (SSSR count). The predicted molar refractivity (Wildman–Crippen MR) is 63.0 cm³/mol. The van der Waals surface area contributed by atoms with E-state index in [9.17, 15) is 4.79 Å². The summed E-state index contributed by atoms with van der Waals surface area (Å²) in [6, 6.07) is 7.34. The van der Waals surface area contributed by atoms with E-state index in [1.165, 1.54) is 12.8 Å². The number of nitrogens with one attached hydrogen (secondary N) is 1. The number of benzene rings is 1. The number of nitrogens with two attached hydrogens (primary N) is 1. The minimum Gasteiger partial charge on any atom is -0.384 e. The van der Waals surface area contributed by atoms with E-state index in [1.807, 2.05) is 18.2 Å². The van der Waals surface area contributed by atoms with Crippen LogP contribution in [0.4, 0.5) is 5.69 Å². The maximum Gasteiger partial charge on any atom is 0.250 e. The topological polar surface area (TPSA) is 55.1 Å². The molecular weight excluding hydrogens is 188 g/mol. The molecule has 0 radical (unpaired) electrons. The lowest BCUT2D eigenvalue weighted by molar-refractivity contribution is 0.100. The lowest BCUT2D eigenvalue weighted by Crippen LogP contribution is -2.14. The molecule has 0 aliphatic heterocycles. The van der Waals surface area contributed by atoms with Crippen LogP contribution in [0, 0.1) is 0 Å². The molecule has 0 aliphatic rings. The number of hydrogen-bond donors (Lipinski definition) is 2. The molecular formula is C12H18N2O. The zero-order chi connectivity index (χ0) is 11.1. The minimum absolute atomic E-state index is 0.381. The third kappa shape index (κ3) is 3.62. The van der Waals surface area contributed by atoms with Crippen LogP contribution in [0.5, 0.6) is 0 Å². The van der Waals surface area contributed by atoms with E-state index < -0.39 is 0 Å². The molecule has 3 nitrogen and oxygen atoms in total. The third-order valence-electron chi connectivity index (χ3n) is 2.29. The Kier molecular flexibility index (Phi) is 4.68. The summed E-state index contributed by atoms with van der Waals surface area (Å²) in [4.78, 5) is 11.1. The Morgan fingerprint density at radius 2 is 2.07 bits per heavy atom. The van der Waals surface area contributed by atoms with Gasteiger partial charge in [-0.3, -0.25) is 4.79 Å². The van der Waals surface area contributed by atoms with Crippen LogP contribution >= 0.6 is 0 Å². The lowest BCUT2D eigenvalue weighted by Gasteiger charge is -2.09. The Bertz CT molecular complexity index is 323. The molecule has 0 fully saturated rings. The Hall–Kier alpha value is -1.51. The molecule has 1 amide bonds. The van der Waals surface area contributed by atoms with E-state index in [1.54, 1.807) is 6.07 Å². The number of hydrogen-bond acceptors (Lipinski definition) is 2. The normalized spacial score (nSPS) is 9.93. The van der Waals surface area contributed by atoms with Crippen molar-refractivity contribution in [1.29, 1.82) is 0 Å². The summed E-state index contributed by atoms with van der Waals surface area (Å²) in [7, 11) is 0. The van der Waals surface area contributed by atoms with Crippen molar-refractivity contribution in [2.75, 3.05) is 11.9 Å². The summed E-state index contributed by atoms with van der Waals surface area (Å²) in [6.07, 6.45) is 3.51. The second-order valence-electron chi connectivity index (χ2n) is 3.54. The Labute approximate surface area is 90.7 Å². The van der Waals surface area contributed by atoms with Gasteiger partial charge in [-0.15, -0.1) is 0 Å². The first-order valence-electron chi connectivity index (χ1n) is 5.38. The molecule has 3 heteroatoms. The van der Waals surface area contributed by atoms with Crippen molar-refractivity contribution in [2.24, 2.45) is 5.73 Å². The van der Waals surface area contributed by atoms with E-state index >= 15 is 0 Å². The highest BCUT2D eigenvalue weighted by atomic mass is 16.1. The fraction of sp³-hybridized carbons (Fsp3) is 0.417. The van der Waals surface area contributed by atoms with Crippen molar-refractivity contribution in [2.45, 2.75) is 26.2 Å². The summed E-state index contributed by atoms with van der Waals surface area (Å²) >= 11 is 0. The quantitative estimate of drug-likeness (QED) is 0.702. The van der Waals surface area contributed by atoms with Crippen molar-refractivity contribution in [1.82, 2.24) is 0 Å². The third-order valence-corrected chi connectivity index (χ3v) is 2.29. The van der Waals surface area contributed by atoms with Gasteiger partial charge >= 0.3 is 0 Å². The summed E-state index contributed by atoms with van der Waals surface area (Å²) in [5.41, 5.74) is 6.66. The first-order chi connectivity index (χ1) is 7.25. The van der Waals surface area contributed by atoms with E-state index in [2.05, 4.69) is 12.2 Å². The molecule has 0 spiro atoms. The van der Waals surface area contributed by atoms with Gasteiger partial charge in [0.15, 0.2) is 0 Å². The number of anilines is 1. The first-order valence-corrected chi connectivity index (χ1v) is 5.38. The van der Waals surface area contributed by atoms with Crippen molar-refractivity contribution in [3.05, 3.63) is 29.8 Å². The number of para-hydroxylation sites is 1. The molecule has 15 heavy (non-hydrogen) atoms. The maximum absolute atomic E-state index is 11.1. The van der Waals surface area contributed by atoms with Crippen molar-refractivity contribution in [3.8, 4) is 0 Å². The molecule has 0 aliphatic carbocycles. The van der Waals surface area contributed by atoms with Gasteiger partial charge in [0.1, 0.15) is 0 Å². The first kappa shape index (κ1) is 11.6. The predicted octanol–water partition coefficient (Wildman–Crippen LogP) is 2.39. The van der Waals surface area contributed by atoms with Gasteiger partial charge in [0.2, 0.25) is 0 Å². The Morgan fingerprint density at radius 3 is 2.73 bits per heavy atom. The minimum atomic E-state index is -0.381. The van der Waals surface area contributed by atoms with Gasteiger partial charge in [-0.25, -0.2) is 0 Å². The van der Waals surface area contributed by atoms with Gasteiger partial charge in [0.25, 0.3) is 5.91 Å². The number of amides is 1. The molecule has 82 valence electrons. The number of carbonyl (C=O) groups is 1. The van der Waals surface area contributed by atoms with Crippen molar-refractivity contribution < 1.29 is 4.79 Å². The van der Waals surface area contributed by atoms with Gasteiger partial charge in [-0.2, -0.15) is 0 Å². The van der Waals surface area contributed by atoms with E-state index in [0.717, 1.165) is 18.7 Å². The van der Waals surface area contributed by atoms with Crippen molar-refractivity contribution in [3.63, 3.8) is 0 Å². The molecule has 1 aromatic rings. The summed E-state index contributed by atoms with van der Waals surface area (Å²) in [5, 5.41) is 3.23. The molecule has 1 aromatic carbocycles. The fourth-order valence-electron chi connectivity index (χ4n) is 1.45. The smallest absolute Gasteiger partial charge is 0.250 e. The average Bonchev–Trinajstić information content (AvgIpc) is 2.25. The van der Waals surface area contributed by atoms with E-state index in [-0.39, 0.29) is 5.91 Å². The second-order valence-corrected chi connectivity index (χ2v) is 3.54. The van der Waals surface area contributed by atoms with Crippen LogP contribution < -0.4 is 11.1 Å². The molecule has 0 saturated heterocycles. The molecule has 0 aromatic heterocycles. The number of carbonyl (C=O) groups excluding carboxylic acids is 1. The average molecular weight is 206 g/mol.